The fraction of sp³-hybridized carbons (Fsp3) is 0.300. The Morgan fingerprint density at radius 3 is 2.41 bits per heavy atom. The first kappa shape index (κ1) is 18.6. The van der Waals surface area contributed by atoms with Crippen LogP contribution in [0.1, 0.15) is 59.9 Å². The molecule has 1 atom stereocenters. The van der Waals surface area contributed by atoms with Crippen LogP contribution < -0.4 is 5.32 Å². The number of aliphatic carboxylic acids is 1. The Hall–Kier alpha value is -3.22. The van der Waals surface area contributed by atoms with E-state index in [4.69, 9.17) is 9.63 Å². The first-order chi connectivity index (χ1) is 12.8. The number of aryl methyl sites for hydroxylation is 1. The van der Waals surface area contributed by atoms with Crippen molar-refractivity contribution in [3.8, 4) is 0 Å². The van der Waals surface area contributed by atoms with E-state index in [1.165, 1.54) is 0 Å². The summed E-state index contributed by atoms with van der Waals surface area (Å²) in [6.45, 7) is 7.36. The van der Waals surface area contributed by atoms with Crippen molar-refractivity contribution < 1.29 is 19.2 Å². The minimum Gasteiger partial charge on any atom is -0.481 e. The zero-order chi connectivity index (χ0) is 19.7. The second kappa shape index (κ2) is 7.19. The largest absolute Gasteiger partial charge is 0.481 e. The van der Waals surface area contributed by atoms with E-state index in [9.17, 15) is 9.59 Å². The van der Waals surface area contributed by atoms with Gasteiger partial charge in [0.1, 0.15) is 0 Å². The molecule has 140 valence electrons. The molecule has 27 heavy (non-hydrogen) atoms. The molecular weight excluding hydrogens is 346 g/mol. The van der Waals surface area contributed by atoms with Crippen LogP contribution in [-0.2, 0) is 4.79 Å². The summed E-state index contributed by atoms with van der Waals surface area (Å²) in [5, 5.41) is 16.4. The van der Waals surface area contributed by atoms with Gasteiger partial charge in [0, 0.05) is 11.4 Å². The quantitative estimate of drug-likeness (QED) is 0.703. The zero-order valence-corrected chi connectivity index (χ0v) is 15.6. The molecule has 0 aliphatic heterocycles. The molecule has 3 aromatic rings. The van der Waals surface area contributed by atoms with E-state index in [1.807, 2.05) is 13.8 Å². The lowest BCUT2D eigenvalue weighted by Gasteiger charge is -2.11. The minimum atomic E-state index is -0.893. The summed E-state index contributed by atoms with van der Waals surface area (Å²) in [5.74, 6) is -1.67. The van der Waals surface area contributed by atoms with Crippen molar-refractivity contribution >= 4 is 28.7 Å². The fourth-order valence-corrected chi connectivity index (χ4v) is 2.78. The molecule has 0 fully saturated rings. The molecule has 3 rings (SSSR count). The molecule has 7 nitrogen and oxygen atoms in total. The second-order valence-electron chi connectivity index (χ2n) is 6.83. The second-order valence-corrected chi connectivity index (χ2v) is 6.83. The van der Waals surface area contributed by atoms with Crippen LogP contribution in [0, 0.1) is 6.92 Å². The molecule has 0 spiro atoms. The van der Waals surface area contributed by atoms with Gasteiger partial charge in [-0.25, -0.2) is 4.98 Å². The van der Waals surface area contributed by atoms with Crippen LogP contribution in [0.3, 0.4) is 0 Å². The Morgan fingerprint density at radius 1 is 1.15 bits per heavy atom. The maximum atomic E-state index is 12.9. The number of hydrogen-bond acceptors (Lipinski definition) is 5. The van der Waals surface area contributed by atoms with Gasteiger partial charge in [0.25, 0.3) is 11.6 Å². The summed E-state index contributed by atoms with van der Waals surface area (Å²) < 4.78 is 5.25. The molecule has 1 aromatic carbocycles. The summed E-state index contributed by atoms with van der Waals surface area (Å²) in [7, 11) is 0. The minimum absolute atomic E-state index is 0.128. The highest BCUT2D eigenvalue weighted by Crippen LogP contribution is 2.26. The highest BCUT2D eigenvalue weighted by atomic mass is 16.5. The summed E-state index contributed by atoms with van der Waals surface area (Å²) in [6, 6.07) is 8.53. The maximum Gasteiger partial charge on any atom is 0.310 e. The number of benzene rings is 1. The van der Waals surface area contributed by atoms with Gasteiger partial charge in [0.2, 0.25) is 0 Å². The number of nitrogens with one attached hydrogen (secondary N) is 1. The molecule has 1 unspecified atom stereocenters. The van der Waals surface area contributed by atoms with Crippen LogP contribution in [0.2, 0.25) is 0 Å². The summed E-state index contributed by atoms with van der Waals surface area (Å²) in [5.41, 5.74) is 3.38. The molecule has 0 saturated carbocycles. The van der Waals surface area contributed by atoms with Crippen molar-refractivity contribution in [1.82, 2.24) is 10.1 Å². The predicted octanol–water partition coefficient (Wildman–Crippen LogP) is 4.10. The number of hydrogen-bond donors (Lipinski definition) is 2. The van der Waals surface area contributed by atoms with Crippen LogP contribution in [0.25, 0.3) is 11.1 Å². The van der Waals surface area contributed by atoms with Gasteiger partial charge in [-0.15, -0.1) is 0 Å². The molecule has 7 heteroatoms. The van der Waals surface area contributed by atoms with E-state index in [0.717, 1.165) is 5.69 Å². The van der Waals surface area contributed by atoms with Crippen LogP contribution in [0.5, 0.6) is 0 Å². The van der Waals surface area contributed by atoms with Gasteiger partial charge in [-0.2, -0.15) is 0 Å². The number of carboxylic acid groups (broad SMARTS) is 1. The molecule has 2 N–H and O–H groups in total. The molecule has 2 heterocycles. The topological polar surface area (TPSA) is 105 Å². The summed E-state index contributed by atoms with van der Waals surface area (Å²) in [4.78, 5) is 28.4. The van der Waals surface area contributed by atoms with E-state index in [2.05, 4.69) is 15.5 Å². The average molecular weight is 367 g/mol. The van der Waals surface area contributed by atoms with Crippen molar-refractivity contribution in [2.24, 2.45) is 0 Å². The van der Waals surface area contributed by atoms with E-state index in [-0.39, 0.29) is 11.8 Å². The third-order valence-corrected chi connectivity index (χ3v) is 4.51. The number of fused-ring (bicyclic) bond motifs is 1. The van der Waals surface area contributed by atoms with Crippen LogP contribution in [0.15, 0.2) is 34.9 Å². The number of amides is 1. The lowest BCUT2D eigenvalue weighted by molar-refractivity contribution is -0.138. The van der Waals surface area contributed by atoms with Gasteiger partial charge in [-0.1, -0.05) is 31.1 Å². The molecule has 0 saturated heterocycles. The van der Waals surface area contributed by atoms with Gasteiger partial charge in [0.15, 0.2) is 0 Å². The van der Waals surface area contributed by atoms with Crippen molar-refractivity contribution in [3.63, 3.8) is 0 Å². The molecule has 0 radical (unpaired) electrons. The Labute approximate surface area is 156 Å². The zero-order valence-electron chi connectivity index (χ0n) is 15.6. The number of carboxylic acids is 1. The number of pyridine rings is 1. The highest BCUT2D eigenvalue weighted by Gasteiger charge is 2.20. The van der Waals surface area contributed by atoms with Gasteiger partial charge in [-0.3, -0.25) is 9.59 Å². The third-order valence-electron chi connectivity index (χ3n) is 4.51. The number of carbonyl (C=O) groups excluding carboxylic acids is 1. The van der Waals surface area contributed by atoms with Gasteiger partial charge >= 0.3 is 5.97 Å². The van der Waals surface area contributed by atoms with Crippen LogP contribution in [0.4, 0.5) is 5.69 Å². The molecule has 0 bridgehead atoms. The van der Waals surface area contributed by atoms with Crippen molar-refractivity contribution in [1.29, 1.82) is 0 Å². The van der Waals surface area contributed by atoms with Crippen LogP contribution in [-0.4, -0.2) is 27.1 Å². The predicted molar refractivity (Wildman–Crippen MR) is 101 cm³/mol. The average Bonchev–Trinajstić information content (AvgIpc) is 3.02. The summed E-state index contributed by atoms with van der Waals surface area (Å²) >= 11 is 0. The lowest BCUT2D eigenvalue weighted by Crippen LogP contribution is -2.14. The summed E-state index contributed by atoms with van der Waals surface area (Å²) in [6.07, 6.45) is 0. The number of nitrogens with zero attached hydrogens (tertiary/aromatic N) is 2. The first-order valence-corrected chi connectivity index (χ1v) is 8.69. The lowest BCUT2D eigenvalue weighted by atomic mass is 10.0. The molecule has 0 aliphatic carbocycles. The number of rotatable bonds is 5. The van der Waals surface area contributed by atoms with Crippen molar-refractivity contribution in [3.05, 3.63) is 52.8 Å². The fourth-order valence-electron chi connectivity index (χ4n) is 2.78. The molecule has 0 aliphatic rings. The van der Waals surface area contributed by atoms with E-state index >= 15 is 0 Å². The number of carbonyl (C=O) groups is 2. The van der Waals surface area contributed by atoms with Crippen molar-refractivity contribution in [2.75, 3.05) is 5.32 Å². The standard InChI is InChI=1S/C20H21N3O4/c1-10(2)16-9-15(17-12(4)23-27-19(17)22-16)18(24)21-14-7-5-13(6-8-14)11(3)20(25)26/h5-11H,1-4H3,(H,21,24)(H,25,26). The smallest absolute Gasteiger partial charge is 0.310 e. The molecule has 2 aromatic heterocycles. The number of aromatic nitrogens is 2. The monoisotopic (exact) mass is 367 g/mol. The normalized spacial score (nSPS) is 12.3. The Balaban J connectivity index is 1.92. The third kappa shape index (κ3) is 3.67. The first-order valence-electron chi connectivity index (χ1n) is 8.69. The molecular formula is C20H21N3O4. The van der Waals surface area contributed by atoms with Gasteiger partial charge < -0.3 is 14.9 Å². The molecule has 1 amide bonds. The highest BCUT2D eigenvalue weighted by molar-refractivity contribution is 6.12. The number of anilines is 1. The maximum absolute atomic E-state index is 12.9. The Morgan fingerprint density at radius 2 is 1.81 bits per heavy atom. The SMILES string of the molecule is Cc1noc2nc(C(C)C)cc(C(=O)Nc3ccc(C(C)C(=O)O)cc3)c12. The van der Waals surface area contributed by atoms with E-state index in [0.29, 0.717) is 33.6 Å². The van der Waals surface area contributed by atoms with Crippen LogP contribution >= 0.6 is 0 Å². The van der Waals surface area contributed by atoms with Crippen molar-refractivity contribution in [2.45, 2.75) is 39.5 Å². The van der Waals surface area contributed by atoms with E-state index in [1.54, 1.807) is 44.2 Å². The van der Waals surface area contributed by atoms with Gasteiger partial charge in [0.05, 0.1) is 22.6 Å². The van der Waals surface area contributed by atoms with Gasteiger partial charge in [-0.05, 0) is 43.5 Å². The Bertz CT molecular complexity index is 1010. The Kier molecular flexibility index (Phi) is 4.94. The van der Waals surface area contributed by atoms with E-state index < -0.39 is 11.9 Å².